The number of ether oxygens (including phenoxy) is 3. The summed E-state index contributed by atoms with van der Waals surface area (Å²) >= 11 is 0.941. The summed E-state index contributed by atoms with van der Waals surface area (Å²) < 4.78 is 33.3. The number of H-pyrrole nitrogens is 1. The van der Waals surface area contributed by atoms with Crippen molar-refractivity contribution in [2.24, 2.45) is 5.73 Å². The number of fused-ring (bicyclic) bond motifs is 1. The van der Waals surface area contributed by atoms with Crippen molar-refractivity contribution in [3.05, 3.63) is 79.9 Å². The highest BCUT2D eigenvalue weighted by molar-refractivity contribution is 7.12. The number of thiophene rings is 1. The van der Waals surface area contributed by atoms with Crippen molar-refractivity contribution in [2.45, 2.75) is 6.04 Å². The van der Waals surface area contributed by atoms with E-state index in [1.807, 2.05) is 0 Å². The number of benzene rings is 2. The molecule has 38 heavy (non-hydrogen) atoms. The van der Waals surface area contributed by atoms with Crippen molar-refractivity contribution in [2.75, 3.05) is 25.6 Å². The first-order valence-corrected chi connectivity index (χ1v) is 12.0. The summed E-state index contributed by atoms with van der Waals surface area (Å²) in [6.45, 7) is 0.347. The van der Waals surface area contributed by atoms with Crippen LogP contribution < -0.4 is 31.0 Å². The minimum atomic E-state index is -1.21. The van der Waals surface area contributed by atoms with Crippen molar-refractivity contribution in [1.82, 2.24) is 14.8 Å². The van der Waals surface area contributed by atoms with Gasteiger partial charge in [-0.2, -0.15) is 4.68 Å². The van der Waals surface area contributed by atoms with Crippen LogP contribution in [0.2, 0.25) is 0 Å². The molecule has 0 bridgehead atoms. The zero-order chi connectivity index (χ0) is 27.0. The second-order valence-corrected chi connectivity index (χ2v) is 8.99. The number of carbonyl (C=O) groups is 1. The zero-order valence-electron chi connectivity index (χ0n) is 19.8. The fourth-order valence-electron chi connectivity index (χ4n) is 4.00. The molecule has 0 aliphatic carbocycles. The van der Waals surface area contributed by atoms with E-state index in [1.54, 1.807) is 24.3 Å². The molecule has 14 heteroatoms. The molecule has 0 radical (unpaired) electrons. The van der Waals surface area contributed by atoms with E-state index in [0.29, 0.717) is 11.3 Å². The number of hydrogen-bond donors (Lipinski definition) is 5. The van der Waals surface area contributed by atoms with Crippen LogP contribution in [-0.4, -0.2) is 52.0 Å². The van der Waals surface area contributed by atoms with Crippen molar-refractivity contribution in [3.63, 3.8) is 0 Å². The molecule has 196 valence electrons. The molecule has 6 N–H and O–H groups in total. The van der Waals surface area contributed by atoms with Crippen LogP contribution in [0.5, 0.6) is 17.2 Å². The third-order valence-electron chi connectivity index (χ3n) is 5.76. The van der Waals surface area contributed by atoms with Gasteiger partial charge in [0.1, 0.15) is 30.0 Å². The topological polar surface area (TPSA) is 178 Å². The number of nitrogens with two attached hydrogens (primary N) is 1. The Bertz CT molecular complexity index is 1590. The van der Waals surface area contributed by atoms with Crippen molar-refractivity contribution in [1.29, 1.82) is 5.41 Å². The van der Waals surface area contributed by atoms with E-state index in [0.717, 1.165) is 16.0 Å². The Morgan fingerprint density at radius 1 is 1.29 bits per heavy atom. The summed E-state index contributed by atoms with van der Waals surface area (Å²) in [6, 6.07) is 8.25. The first kappa shape index (κ1) is 24.8. The smallest absolute Gasteiger partial charge is 0.348 e. The van der Waals surface area contributed by atoms with Gasteiger partial charge in [-0.15, -0.1) is 16.4 Å². The van der Waals surface area contributed by atoms with Gasteiger partial charge in [0.05, 0.1) is 12.8 Å². The standard InChI is InChI=1S/C24H21FN6O6S/c1-35-15-10-13(16(25)19-18(15)36-7-8-37-19)17(28-12-4-2-11(3-5-12)21(26)27)22-29-24(34)31(30-22)14-6-9-38-20(14)23(32)33/h2-6,9-10,17,28H,7-8H2,1H3,(H3,26,27)(H,32,33)(H,29,30,34). The predicted molar refractivity (Wildman–Crippen MR) is 136 cm³/mol. The molecule has 0 fully saturated rings. The van der Waals surface area contributed by atoms with E-state index < -0.39 is 23.5 Å². The van der Waals surface area contributed by atoms with Gasteiger partial charge >= 0.3 is 11.7 Å². The van der Waals surface area contributed by atoms with Gasteiger partial charge in [0, 0.05) is 16.8 Å². The molecule has 12 nitrogen and oxygen atoms in total. The van der Waals surface area contributed by atoms with Crippen LogP contribution in [0.4, 0.5) is 10.1 Å². The molecule has 1 atom stereocenters. The fraction of sp³-hybridized carbons (Fsp3) is 0.167. The van der Waals surface area contributed by atoms with E-state index in [9.17, 15) is 14.7 Å². The quantitative estimate of drug-likeness (QED) is 0.166. The van der Waals surface area contributed by atoms with Crippen LogP contribution in [0, 0.1) is 11.2 Å². The average Bonchev–Trinajstić information content (AvgIpc) is 3.55. The monoisotopic (exact) mass is 540 g/mol. The molecule has 5 rings (SSSR count). The molecule has 1 aliphatic rings. The number of carboxylic acid groups (broad SMARTS) is 1. The number of aromatic nitrogens is 3. The number of nitrogens with zero attached hydrogens (tertiary/aromatic N) is 2. The minimum absolute atomic E-state index is 0.00851. The number of aromatic amines is 1. The van der Waals surface area contributed by atoms with Crippen LogP contribution in [0.1, 0.15) is 32.7 Å². The maximum absolute atomic E-state index is 15.9. The molecule has 1 unspecified atom stereocenters. The number of nitrogen functional groups attached to an aromatic ring is 1. The number of hydrogen-bond acceptors (Lipinski definition) is 9. The summed E-state index contributed by atoms with van der Waals surface area (Å²) in [5.74, 6) is -1.91. The number of halogens is 1. The molecular weight excluding hydrogens is 519 g/mol. The summed E-state index contributed by atoms with van der Waals surface area (Å²) in [7, 11) is 1.40. The Balaban J connectivity index is 1.66. The van der Waals surface area contributed by atoms with Gasteiger partial charge < -0.3 is 30.4 Å². The van der Waals surface area contributed by atoms with Crippen molar-refractivity contribution in [3.8, 4) is 22.9 Å². The first-order valence-electron chi connectivity index (χ1n) is 11.2. The van der Waals surface area contributed by atoms with Crippen LogP contribution in [0.25, 0.3) is 5.69 Å². The van der Waals surface area contributed by atoms with Gasteiger partial charge in [0.25, 0.3) is 0 Å². The molecule has 0 spiro atoms. The third kappa shape index (κ3) is 4.41. The fourth-order valence-corrected chi connectivity index (χ4v) is 4.71. The Morgan fingerprint density at radius 3 is 2.66 bits per heavy atom. The third-order valence-corrected chi connectivity index (χ3v) is 6.65. The second kappa shape index (κ2) is 9.89. The van der Waals surface area contributed by atoms with Gasteiger partial charge in [-0.1, -0.05) is 0 Å². The van der Waals surface area contributed by atoms with Crippen LogP contribution in [0.15, 0.2) is 46.6 Å². The van der Waals surface area contributed by atoms with E-state index >= 15 is 4.39 Å². The van der Waals surface area contributed by atoms with Crippen molar-refractivity contribution < 1.29 is 28.5 Å². The largest absolute Gasteiger partial charge is 0.493 e. The average molecular weight is 541 g/mol. The van der Waals surface area contributed by atoms with Gasteiger partial charge in [-0.05, 0) is 41.8 Å². The molecule has 0 saturated carbocycles. The summed E-state index contributed by atoms with van der Waals surface area (Å²) in [4.78, 5) is 27.0. The minimum Gasteiger partial charge on any atom is -0.493 e. The van der Waals surface area contributed by atoms with Crippen LogP contribution in [0.3, 0.4) is 0 Å². The number of nitrogens with one attached hydrogen (secondary N) is 3. The number of amidine groups is 1. The summed E-state index contributed by atoms with van der Waals surface area (Å²) in [5, 5.41) is 26.1. The number of aromatic carboxylic acids is 1. The Labute approximate surface area is 217 Å². The van der Waals surface area contributed by atoms with Gasteiger partial charge in [0.2, 0.25) is 11.5 Å². The van der Waals surface area contributed by atoms with E-state index in [-0.39, 0.29) is 58.3 Å². The Hall–Kier alpha value is -4.85. The number of rotatable bonds is 8. The Morgan fingerprint density at radius 2 is 2.00 bits per heavy atom. The highest BCUT2D eigenvalue weighted by Gasteiger charge is 2.31. The number of anilines is 1. The SMILES string of the molecule is COc1cc(C(Nc2ccc(C(=N)N)cc2)c2nn(-c3ccsc3C(=O)O)c(=O)[nH]2)c(F)c2c1OCCO2. The lowest BCUT2D eigenvalue weighted by Crippen LogP contribution is -2.21. The number of carboxylic acids is 1. The zero-order valence-corrected chi connectivity index (χ0v) is 20.6. The molecule has 1 aliphatic heterocycles. The lowest BCUT2D eigenvalue weighted by molar-refractivity contribution is 0.0702. The van der Waals surface area contributed by atoms with Crippen molar-refractivity contribution >= 4 is 28.8 Å². The van der Waals surface area contributed by atoms with Crippen LogP contribution >= 0.6 is 11.3 Å². The molecular formula is C24H21FN6O6S. The molecule has 2 aromatic carbocycles. The van der Waals surface area contributed by atoms with Gasteiger partial charge in [0.15, 0.2) is 17.4 Å². The Kier molecular flexibility index (Phi) is 6.46. The maximum Gasteiger partial charge on any atom is 0.348 e. The van der Waals surface area contributed by atoms with E-state index in [2.05, 4.69) is 15.4 Å². The molecule has 4 aromatic rings. The lowest BCUT2D eigenvalue weighted by atomic mass is 10.0. The lowest BCUT2D eigenvalue weighted by Gasteiger charge is -2.25. The first-order chi connectivity index (χ1) is 18.3. The van der Waals surface area contributed by atoms with Gasteiger partial charge in [-0.25, -0.2) is 14.0 Å². The van der Waals surface area contributed by atoms with Crippen LogP contribution in [-0.2, 0) is 0 Å². The molecule has 3 heterocycles. The number of methoxy groups -OCH3 is 1. The molecule has 2 aromatic heterocycles. The molecule has 0 saturated heterocycles. The highest BCUT2D eigenvalue weighted by atomic mass is 32.1. The second-order valence-electron chi connectivity index (χ2n) is 8.07. The maximum atomic E-state index is 15.9. The van der Waals surface area contributed by atoms with E-state index in [1.165, 1.54) is 24.6 Å². The normalized spacial score (nSPS) is 13.1. The highest BCUT2D eigenvalue weighted by Crippen LogP contribution is 2.45. The summed E-state index contributed by atoms with van der Waals surface area (Å²) in [6.07, 6.45) is 0. The van der Waals surface area contributed by atoms with Gasteiger partial charge in [-0.3, -0.25) is 10.4 Å². The predicted octanol–water partition coefficient (Wildman–Crippen LogP) is 2.72. The summed E-state index contributed by atoms with van der Waals surface area (Å²) in [5.41, 5.74) is 5.89. The van der Waals surface area contributed by atoms with E-state index in [4.69, 9.17) is 25.4 Å². The molecule has 0 amide bonds.